The summed E-state index contributed by atoms with van der Waals surface area (Å²) in [6.45, 7) is 3.20. The van der Waals surface area contributed by atoms with Crippen molar-refractivity contribution < 1.29 is 23.9 Å². The molecule has 1 aromatic rings. The van der Waals surface area contributed by atoms with Gasteiger partial charge in [0.05, 0.1) is 11.8 Å². The second-order valence-electron chi connectivity index (χ2n) is 7.55. The van der Waals surface area contributed by atoms with Crippen molar-refractivity contribution in [1.82, 2.24) is 0 Å². The highest BCUT2D eigenvalue weighted by atomic mass is 16.6. The SMILES string of the molecule is CC(C)(OC(=O)[C@@H]1[C@@H]2C[C@@H]3[C@@H]1C(=O)O[C@H]3C2)C(=O)c1ccccc1. The Balaban J connectivity index is 1.52. The molecule has 2 aliphatic carbocycles. The second-order valence-corrected chi connectivity index (χ2v) is 7.55. The van der Waals surface area contributed by atoms with Crippen molar-refractivity contribution in [3.8, 4) is 0 Å². The van der Waals surface area contributed by atoms with E-state index in [1.165, 1.54) is 0 Å². The average Bonchev–Trinajstić information content (AvgIpc) is 3.16. The molecule has 0 radical (unpaired) electrons. The van der Waals surface area contributed by atoms with Crippen LogP contribution in [0.25, 0.3) is 0 Å². The van der Waals surface area contributed by atoms with E-state index in [-0.39, 0.29) is 35.6 Å². The third-order valence-electron chi connectivity index (χ3n) is 5.69. The van der Waals surface area contributed by atoms with E-state index in [4.69, 9.17) is 9.47 Å². The molecule has 1 saturated heterocycles. The fraction of sp³-hybridized carbons (Fsp3) is 0.526. The standard InChI is InChI=1S/C19H20O5/c1-19(2,16(20)10-6-4-3-5-7-10)24-18(22)14-11-8-12-13(9-11)23-17(21)15(12)14/h3-7,11-15H,8-9H2,1-2H3/t11-,12+,13+,14-,15+/m1/s1. The first-order chi connectivity index (χ1) is 11.4. The predicted octanol–water partition coefficient (Wildman–Crippen LogP) is 2.39. The molecule has 4 rings (SSSR count). The van der Waals surface area contributed by atoms with E-state index in [1.54, 1.807) is 38.1 Å². The molecular formula is C19H20O5. The highest BCUT2D eigenvalue weighted by molar-refractivity contribution is 6.03. The first-order valence-electron chi connectivity index (χ1n) is 8.41. The smallest absolute Gasteiger partial charge is 0.311 e. The lowest BCUT2D eigenvalue weighted by molar-refractivity contribution is -0.163. The van der Waals surface area contributed by atoms with Crippen molar-refractivity contribution in [2.24, 2.45) is 23.7 Å². The molecule has 3 aliphatic rings. The quantitative estimate of drug-likeness (QED) is 0.627. The predicted molar refractivity (Wildman–Crippen MR) is 84.0 cm³/mol. The molecule has 0 unspecified atom stereocenters. The minimum Gasteiger partial charge on any atom is -0.462 e. The molecule has 2 saturated carbocycles. The summed E-state index contributed by atoms with van der Waals surface area (Å²) >= 11 is 0. The normalized spacial score (nSPS) is 33.4. The molecule has 24 heavy (non-hydrogen) atoms. The van der Waals surface area contributed by atoms with Crippen LogP contribution in [-0.4, -0.2) is 29.4 Å². The molecule has 1 aliphatic heterocycles. The Labute approximate surface area is 140 Å². The first-order valence-corrected chi connectivity index (χ1v) is 8.41. The van der Waals surface area contributed by atoms with Crippen molar-refractivity contribution in [1.29, 1.82) is 0 Å². The second kappa shape index (κ2) is 5.16. The third-order valence-corrected chi connectivity index (χ3v) is 5.69. The Hall–Kier alpha value is -2.17. The minimum atomic E-state index is -1.26. The fourth-order valence-electron chi connectivity index (χ4n) is 4.63. The van der Waals surface area contributed by atoms with Gasteiger partial charge in [-0.05, 0) is 32.6 Å². The van der Waals surface area contributed by atoms with Crippen LogP contribution in [0.15, 0.2) is 30.3 Å². The summed E-state index contributed by atoms with van der Waals surface area (Å²) in [5, 5.41) is 0. The summed E-state index contributed by atoms with van der Waals surface area (Å²) in [5.74, 6) is -1.54. The number of fused-ring (bicyclic) bond motifs is 1. The van der Waals surface area contributed by atoms with Gasteiger partial charge in [0.15, 0.2) is 5.60 Å². The molecule has 5 nitrogen and oxygen atoms in total. The third kappa shape index (κ3) is 2.18. The fourth-order valence-corrected chi connectivity index (χ4v) is 4.63. The van der Waals surface area contributed by atoms with Gasteiger partial charge in [0.1, 0.15) is 6.10 Å². The van der Waals surface area contributed by atoms with Crippen molar-refractivity contribution in [3.63, 3.8) is 0 Å². The number of benzene rings is 1. The molecule has 2 bridgehead atoms. The Bertz CT molecular complexity index is 706. The van der Waals surface area contributed by atoms with Gasteiger partial charge in [0.25, 0.3) is 0 Å². The Morgan fingerprint density at radius 1 is 1.17 bits per heavy atom. The van der Waals surface area contributed by atoms with Crippen LogP contribution < -0.4 is 0 Å². The van der Waals surface area contributed by atoms with Crippen LogP contribution in [0.3, 0.4) is 0 Å². The van der Waals surface area contributed by atoms with Gasteiger partial charge in [-0.2, -0.15) is 0 Å². The van der Waals surface area contributed by atoms with Crippen LogP contribution in [0.2, 0.25) is 0 Å². The zero-order valence-electron chi connectivity index (χ0n) is 13.7. The maximum atomic E-state index is 12.7. The topological polar surface area (TPSA) is 69.7 Å². The van der Waals surface area contributed by atoms with E-state index < -0.39 is 17.5 Å². The lowest BCUT2D eigenvalue weighted by Crippen LogP contribution is -2.42. The largest absolute Gasteiger partial charge is 0.462 e. The number of esters is 2. The highest BCUT2D eigenvalue weighted by Crippen LogP contribution is 2.58. The summed E-state index contributed by atoms with van der Waals surface area (Å²) in [4.78, 5) is 37.4. The van der Waals surface area contributed by atoms with Crippen molar-refractivity contribution in [2.45, 2.75) is 38.4 Å². The number of carbonyl (C=O) groups excluding carboxylic acids is 3. The molecule has 5 atom stereocenters. The van der Waals surface area contributed by atoms with Crippen LogP contribution in [0.5, 0.6) is 0 Å². The van der Waals surface area contributed by atoms with E-state index in [2.05, 4.69) is 0 Å². The van der Waals surface area contributed by atoms with Crippen LogP contribution in [0.1, 0.15) is 37.0 Å². The van der Waals surface area contributed by atoms with Crippen LogP contribution in [0, 0.1) is 23.7 Å². The summed E-state index contributed by atoms with van der Waals surface area (Å²) in [6, 6.07) is 8.78. The van der Waals surface area contributed by atoms with Gasteiger partial charge in [-0.3, -0.25) is 14.4 Å². The van der Waals surface area contributed by atoms with E-state index >= 15 is 0 Å². The number of hydrogen-bond donors (Lipinski definition) is 0. The van der Waals surface area contributed by atoms with E-state index in [0.29, 0.717) is 5.56 Å². The summed E-state index contributed by atoms with van der Waals surface area (Å²) in [6.07, 6.45) is 1.56. The Morgan fingerprint density at radius 2 is 1.88 bits per heavy atom. The highest BCUT2D eigenvalue weighted by Gasteiger charge is 2.64. The van der Waals surface area contributed by atoms with E-state index in [0.717, 1.165) is 12.8 Å². The molecule has 1 heterocycles. The van der Waals surface area contributed by atoms with Gasteiger partial charge in [0.2, 0.25) is 5.78 Å². The lowest BCUT2D eigenvalue weighted by atomic mass is 9.80. The number of Topliss-reactive ketones (excluding diaryl/α,β-unsaturated/α-hetero) is 1. The molecule has 0 amide bonds. The summed E-state index contributed by atoms with van der Waals surface area (Å²) < 4.78 is 10.9. The molecule has 5 heteroatoms. The van der Waals surface area contributed by atoms with Gasteiger partial charge >= 0.3 is 11.9 Å². The molecule has 0 N–H and O–H groups in total. The van der Waals surface area contributed by atoms with Gasteiger partial charge < -0.3 is 9.47 Å². The van der Waals surface area contributed by atoms with Gasteiger partial charge in [-0.25, -0.2) is 0 Å². The average molecular weight is 328 g/mol. The number of ketones is 1. The van der Waals surface area contributed by atoms with Gasteiger partial charge in [0, 0.05) is 11.5 Å². The van der Waals surface area contributed by atoms with Crippen molar-refractivity contribution in [3.05, 3.63) is 35.9 Å². The van der Waals surface area contributed by atoms with E-state index in [1.807, 2.05) is 6.07 Å². The maximum absolute atomic E-state index is 12.7. The van der Waals surface area contributed by atoms with Crippen LogP contribution >= 0.6 is 0 Å². The number of hydrogen-bond acceptors (Lipinski definition) is 5. The lowest BCUT2D eigenvalue weighted by Gasteiger charge is -2.29. The van der Waals surface area contributed by atoms with Gasteiger partial charge in [-0.1, -0.05) is 30.3 Å². The molecule has 1 aromatic carbocycles. The van der Waals surface area contributed by atoms with Gasteiger partial charge in [-0.15, -0.1) is 0 Å². The molecule has 126 valence electrons. The number of carbonyl (C=O) groups is 3. The Morgan fingerprint density at radius 3 is 2.58 bits per heavy atom. The van der Waals surface area contributed by atoms with Crippen molar-refractivity contribution in [2.75, 3.05) is 0 Å². The zero-order chi connectivity index (χ0) is 17.1. The van der Waals surface area contributed by atoms with Crippen LogP contribution in [-0.2, 0) is 19.1 Å². The maximum Gasteiger partial charge on any atom is 0.311 e. The molecular weight excluding hydrogens is 308 g/mol. The number of ether oxygens (including phenoxy) is 2. The Kier molecular flexibility index (Phi) is 3.31. The molecule has 0 aromatic heterocycles. The summed E-state index contributed by atoms with van der Waals surface area (Å²) in [5.41, 5.74) is -0.758. The molecule has 0 spiro atoms. The van der Waals surface area contributed by atoms with E-state index in [9.17, 15) is 14.4 Å². The summed E-state index contributed by atoms with van der Waals surface area (Å²) in [7, 11) is 0. The monoisotopic (exact) mass is 328 g/mol. The zero-order valence-corrected chi connectivity index (χ0v) is 13.7. The first kappa shape index (κ1) is 15.4. The van der Waals surface area contributed by atoms with Crippen molar-refractivity contribution >= 4 is 17.7 Å². The molecule has 3 fully saturated rings. The van der Waals surface area contributed by atoms with Crippen LogP contribution in [0.4, 0.5) is 0 Å². The minimum absolute atomic E-state index is 0.0180. The number of rotatable bonds is 4.